The Morgan fingerprint density at radius 1 is 1.16 bits per heavy atom. The highest BCUT2D eigenvalue weighted by Crippen LogP contribution is 2.47. The highest BCUT2D eigenvalue weighted by atomic mass is 35.5. The zero-order chi connectivity index (χ0) is 27.6. The second kappa shape index (κ2) is 10.7. The van der Waals surface area contributed by atoms with Crippen LogP contribution in [0, 0.1) is 0 Å². The molecule has 0 saturated carbocycles. The van der Waals surface area contributed by atoms with E-state index in [0.717, 1.165) is 12.1 Å². The zero-order valence-corrected chi connectivity index (χ0v) is 20.9. The molecular formula is C24H25ClF5N3O4. The van der Waals surface area contributed by atoms with Crippen molar-refractivity contribution in [2.24, 2.45) is 0 Å². The molecule has 1 atom stereocenters. The number of benzene rings is 1. The fourth-order valence-corrected chi connectivity index (χ4v) is 3.85. The second-order valence-electron chi connectivity index (χ2n) is 9.36. The molecule has 1 aliphatic heterocycles. The molecule has 3 rings (SSSR count). The molecule has 0 spiro atoms. The number of amides is 2. The van der Waals surface area contributed by atoms with Gasteiger partial charge in [0.1, 0.15) is 23.1 Å². The van der Waals surface area contributed by atoms with Crippen LogP contribution in [-0.2, 0) is 10.7 Å². The molecule has 1 saturated heterocycles. The van der Waals surface area contributed by atoms with Gasteiger partial charge in [-0.3, -0.25) is 4.79 Å². The molecule has 13 heteroatoms. The van der Waals surface area contributed by atoms with E-state index in [1.807, 2.05) is 0 Å². The normalized spacial score (nSPS) is 16.5. The van der Waals surface area contributed by atoms with Crippen molar-refractivity contribution in [1.29, 1.82) is 0 Å². The molecule has 0 aliphatic carbocycles. The number of nitrogens with zero attached hydrogens (tertiary/aromatic N) is 2. The molecule has 2 aromatic rings. The first-order valence-corrected chi connectivity index (χ1v) is 11.6. The number of rotatable bonds is 6. The van der Waals surface area contributed by atoms with Crippen LogP contribution in [0.3, 0.4) is 0 Å². The van der Waals surface area contributed by atoms with E-state index in [-0.39, 0.29) is 23.0 Å². The number of hydrogen-bond acceptors (Lipinski definition) is 5. The molecule has 1 aliphatic rings. The number of hydrogen-bond donors (Lipinski definition) is 1. The van der Waals surface area contributed by atoms with E-state index in [1.54, 1.807) is 20.8 Å². The fourth-order valence-electron chi connectivity index (χ4n) is 3.64. The average molecular weight is 550 g/mol. The maximum absolute atomic E-state index is 14.3. The quantitative estimate of drug-likeness (QED) is 0.332. The van der Waals surface area contributed by atoms with Gasteiger partial charge in [0.05, 0.1) is 17.2 Å². The second-order valence-corrected chi connectivity index (χ2v) is 9.72. The Morgan fingerprint density at radius 2 is 1.86 bits per heavy atom. The van der Waals surface area contributed by atoms with Crippen LogP contribution in [0.2, 0.25) is 5.15 Å². The highest BCUT2D eigenvalue weighted by Gasteiger charge is 2.60. The number of carbonyl (C=O) groups is 2. The van der Waals surface area contributed by atoms with Gasteiger partial charge in [-0.1, -0.05) is 11.6 Å². The summed E-state index contributed by atoms with van der Waals surface area (Å²) in [5.41, 5.74) is -2.36. The predicted molar refractivity (Wildman–Crippen MR) is 125 cm³/mol. The highest BCUT2D eigenvalue weighted by molar-refractivity contribution is 6.33. The van der Waals surface area contributed by atoms with Gasteiger partial charge in [0, 0.05) is 24.5 Å². The number of halogens is 6. The van der Waals surface area contributed by atoms with Crippen molar-refractivity contribution in [2.75, 3.05) is 18.5 Å². The van der Waals surface area contributed by atoms with Crippen LogP contribution in [-0.4, -0.2) is 52.9 Å². The number of aromatic nitrogens is 1. The molecule has 1 fully saturated rings. The number of carbonyl (C=O) groups excluding carboxylic acids is 2. The summed E-state index contributed by atoms with van der Waals surface area (Å²) >= 11 is 5.89. The number of alkyl halides is 5. The number of nitrogens with one attached hydrogen (secondary N) is 1. The van der Waals surface area contributed by atoms with Gasteiger partial charge in [0.25, 0.3) is 5.91 Å². The minimum atomic E-state index is -5.89. The summed E-state index contributed by atoms with van der Waals surface area (Å²) < 4.78 is 79.0. The Labute approximate surface area is 214 Å². The Kier molecular flexibility index (Phi) is 8.21. The smallest absolute Gasteiger partial charge is 0.458 e. The Balaban J connectivity index is 1.87. The van der Waals surface area contributed by atoms with E-state index < -0.39 is 47.1 Å². The molecule has 7 nitrogen and oxygen atoms in total. The maximum atomic E-state index is 14.3. The van der Waals surface area contributed by atoms with E-state index in [1.165, 1.54) is 23.2 Å². The summed E-state index contributed by atoms with van der Waals surface area (Å²) in [5, 5.41) is 2.26. The molecule has 0 radical (unpaired) electrons. The lowest BCUT2D eigenvalue weighted by atomic mass is 10.1. The van der Waals surface area contributed by atoms with Crippen LogP contribution in [0.1, 0.15) is 49.5 Å². The van der Waals surface area contributed by atoms with Crippen LogP contribution < -0.4 is 10.1 Å². The SMILES string of the molecule is CC(C)(C)OC(=O)N1CCC[C@H]1COc1cc(NC(=O)c2cccnc2Cl)ccc1C(F)(F)C(F)(F)F. The first-order valence-electron chi connectivity index (χ1n) is 11.2. The number of anilines is 1. The zero-order valence-electron chi connectivity index (χ0n) is 20.2. The lowest BCUT2D eigenvalue weighted by Crippen LogP contribution is -2.42. The lowest BCUT2D eigenvalue weighted by molar-refractivity contribution is -0.289. The van der Waals surface area contributed by atoms with E-state index in [0.29, 0.717) is 25.5 Å². The van der Waals surface area contributed by atoms with E-state index in [9.17, 15) is 31.5 Å². The van der Waals surface area contributed by atoms with Crippen LogP contribution in [0.4, 0.5) is 32.4 Å². The molecular weight excluding hydrogens is 525 g/mol. The van der Waals surface area contributed by atoms with E-state index in [2.05, 4.69) is 10.3 Å². The molecule has 1 N–H and O–H groups in total. The molecule has 37 heavy (non-hydrogen) atoms. The molecule has 1 aromatic carbocycles. The Hall–Kier alpha value is -3.15. The Bertz CT molecular complexity index is 1150. The third-order valence-electron chi connectivity index (χ3n) is 5.37. The third kappa shape index (κ3) is 6.79. The summed E-state index contributed by atoms with van der Waals surface area (Å²) in [6.45, 7) is 4.98. The molecule has 202 valence electrons. The summed E-state index contributed by atoms with van der Waals surface area (Å²) in [4.78, 5) is 30.1. The third-order valence-corrected chi connectivity index (χ3v) is 5.68. The van der Waals surface area contributed by atoms with Crippen molar-refractivity contribution >= 4 is 29.3 Å². The number of ether oxygens (including phenoxy) is 2. The molecule has 1 aromatic heterocycles. The van der Waals surface area contributed by atoms with Crippen molar-refractivity contribution < 1.29 is 41.0 Å². The summed E-state index contributed by atoms with van der Waals surface area (Å²) in [7, 11) is 0. The number of likely N-dealkylation sites (tertiary alicyclic amines) is 1. The molecule has 0 unspecified atom stereocenters. The molecule has 0 bridgehead atoms. The van der Waals surface area contributed by atoms with Gasteiger partial charge in [-0.2, -0.15) is 22.0 Å². The minimum absolute atomic E-state index is 0.0321. The van der Waals surface area contributed by atoms with Crippen molar-refractivity contribution in [3.8, 4) is 5.75 Å². The maximum Gasteiger partial charge on any atom is 0.458 e. The Morgan fingerprint density at radius 3 is 2.49 bits per heavy atom. The fraction of sp³-hybridized carbons (Fsp3) is 0.458. The first-order chi connectivity index (χ1) is 17.1. The van der Waals surface area contributed by atoms with Gasteiger partial charge in [-0.15, -0.1) is 0 Å². The van der Waals surface area contributed by atoms with Gasteiger partial charge in [0.15, 0.2) is 0 Å². The van der Waals surface area contributed by atoms with Gasteiger partial charge in [-0.05, 0) is 57.9 Å². The van der Waals surface area contributed by atoms with E-state index in [4.69, 9.17) is 21.1 Å². The molecule has 2 heterocycles. The van der Waals surface area contributed by atoms with Crippen molar-refractivity contribution in [3.63, 3.8) is 0 Å². The topological polar surface area (TPSA) is 80.8 Å². The van der Waals surface area contributed by atoms with Crippen molar-refractivity contribution in [1.82, 2.24) is 9.88 Å². The van der Waals surface area contributed by atoms with Crippen molar-refractivity contribution in [3.05, 3.63) is 52.8 Å². The molecule has 2 amide bonds. The summed E-state index contributed by atoms with van der Waals surface area (Å²) in [6, 6.07) is 4.48. The first kappa shape index (κ1) is 28.4. The van der Waals surface area contributed by atoms with Gasteiger partial charge in [0.2, 0.25) is 0 Å². The van der Waals surface area contributed by atoms with Gasteiger partial charge >= 0.3 is 18.2 Å². The monoisotopic (exact) mass is 549 g/mol. The summed E-state index contributed by atoms with van der Waals surface area (Å²) in [5.74, 6) is -6.79. The predicted octanol–water partition coefficient (Wildman–Crippen LogP) is 6.42. The lowest BCUT2D eigenvalue weighted by Gasteiger charge is -2.29. The largest absolute Gasteiger partial charge is 0.491 e. The van der Waals surface area contributed by atoms with E-state index >= 15 is 0 Å². The van der Waals surface area contributed by atoms with Crippen molar-refractivity contribution in [2.45, 2.75) is 57.4 Å². The van der Waals surface area contributed by atoms with Crippen LogP contribution in [0.15, 0.2) is 36.5 Å². The summed E-state index contributed by atoms with van der Waals surface area (Å²) in [6.07, 6.45) is -4.19. The van der Waals surface area contributed by atoms with Crippen LogP contribution >= 0.6 is 11.6 Å². The van der Waals surface area contributed by atoms with Gasteiger partial charge in [-0.25, -0.2) is 9.78 Å². The number of pyridine rings is 1. The minimum Gasteiger partial charge on any atom is -0.491 e. The van der Waals surface area contributed by atoms with Gasteiger partial charge < -0.3 is 19.7 Å². The van der Waals surface area contributed by atoms with Crippen LogP contribution in [0.5, 0.6) is 5.75 Å². The average Bonchev–Trinajstić information content (AvgIpc) is 3.25. The standard InChI is InChI=1S/C24H25ClF5N3O4/c1-22(2,3)37-21(35)33-11-5-6-15(33)13-36-18-12-14(8-9-17(18)23(26,27)24(28,29)30)32-20(34)16-7-4-10-31-19(16)25/h4,7-10,12,15H,5-6,11,13H2,1-3H3,(H,32,34)/t15-/m0/s1. The van der Waals surface area contributed by atoms with Crippen LogP contribution in [0.25, 0.3) is 0 Å².